The molecular formula is C28H24O6. The Morgan fingerprint density at radius 1 is 1.03 bits per heavy atom. The molecular weight excluding hydrogens is 432 g/mol. The molecule has 0 unspecified atom stereocenters. The second-order valence-corrected chi connectivity index (χ2v) is 7.38. The van der Waals surface area contributed by atoms with E-state index in [0.29, 0.717) is 22.6 Å². The molecule has 0 saturated carbocycles. The Labute approximate surface area is 198 Å². The molecule has 1 heterocycles. The monoisotopic (exact) mass is 456 g/mol. The van der Waals surface area contributed by atoms with Gasteiger partial charge in [-0.25, -0.2) is 4.79 Å². The van der Waals surface area contributed by atoms with Crippen molar-refractivity contribution in [3.63, 3.8) is 0 Å². The third-order valence-electron chi connectivity index (χ3n) is 5.16. The number of rotatable bonds is 8. The van der Waals surface area contributed by atoms with Gasteiger partial charge in [-0.1, -0.05) is 60.7 Å². The average molecular weight is 456 g/mol. The number of hydrogen-bond acceptors (Lipinski definition) is 6. The van der Waals surface area contributed by atoms with E-state index in [1.54, 1.807) is 56.5 Å². The van der Waals surface area contributed by atoms with Crippen molar-refractivity contribution < 1.29 is 28.5 Å². The van der Waals surface area contributed by atoms with Crippen LogP contribution in [0.5, 0.6) is 17.2 Å². The summed E-state index contributed by atoms with van der Waals surface area (Å²) in [6.07, 6.45) is 4.25. The normalized spacial score (nSPS) is 14.5. The summed E-state index contributed by atoms with van der Waals surface area (Å²) in [5.74, 6) is 0.970. The summed E-state index contributed by atoms with van der Waals surface area (Å²) in [6.45, 7) is 1.98. The van der Waals surface area contributed by atoms with Crippen molar-refractivity contribution in [2.24, 2.45) is 0 Å². The molecule has 0 N–H and O–H groups in total. The molecule has 0 fully saturated rings. The molecule has 0 radical (unpaired) electrons. The van der Waals surface area contributed by atoms with Crippen LogP contribution >= 0.6 is 0 Å². The lowest BCUT2D eigenvalue weighted by Crippen LogP contribution is -2.21. The van der Waals surface area contributed by atoms with Crippen molar-refractivity contribution in [2.75, 3.05) is 13.7 Å². The number of Topliss-reactive ketones (excluding diaryl/α,β-unsaturated/α-hetero) is 1. The first-order valence-electron chi connectivity index (χ1n) is 10.9. The number of ketones is 1. The van der Waals surface area contributed by atoms with Gasteiger partial charge in [0.15, 0.2) is 5.76 Å². The number of benzene rings is 3. The van der Waals surface area contributed by atoms with E-state index in [0.717, 1.165) is 11.3 Å². The molecule has 1 aliphatic rings. The quantitative estimate of drug-likeness (QED) is 0.327. The molecule has 4 rings (SSSR count). The van der Waals surface area contributed by atoms with Crippen LogP contribution in [0.2, 0.25) is 0 Å². The molecule has 0 aromatic heterocycles. The van der Waals surface area contributed by atoms with E-state index >= 15 is 0 Å². The molecule has 172 valence electrons. The van der Waals surface area contributed by atoms with E-state index in [2.05, 4.69) is 0 Å². The fourth-order valence-electron chi connectivity index (χ4n) is 3.53. The van der Waals surface area contributed by atoms with Crippen LogP contribution in [-0.2, 0) is 9.53 Å². The standard InChI is InChI=1S/C28H24O6/c1-3-32-28(30)27(20-11-5-4-6-12-20)33-21-16-17-22-25(18-21)34-24(26(22)29)15-9-13-19-10-7-8-14-23(19)31-2/h4-18,27H,3H2,1-2H3/t27-/m0/s1. The summed E-state index contributed by atoms with van der Waals surface area (Å²) < 4.78 is 22.3. The Hall–Kier alpha value is -4.32. The van der Waals surface area contributed by atoms with Gasteiger partial charge in [0.1, 0.15) is 17.2 Å². The SMILES string of the molecule is CCOC(=O)[C@@H](Oc1ccc2c(c1)OC(=CC=Cc1ccccc1OC)C2=O)c1ccccc1. The fraction of sp³-hybridized carbons (Fsp3) is 0.143. The molecule has 0 saturated heterocycles. The van der Waals surface area contributed by atoms with Crippen molar-refractivity contribution in [1.29, 1.82) is 0 Å². The van der Waals surface area contributed by atoms with Gasteiger partial charge in [-0.2, -0.15) is 0 Å². The number of ether oxygens (including phenoxy) is 4. The number of carbonyl (C=O) groups is 2. The molecule has 6 nitrogen and oxygen atoms in total. The lowest BCUT2D eigenvalue weighted by molar-refractivity contribution is -0.151. The van der Waals surface area contributed by atoms with Crippen molar-refractivity contribution in [3.05, 3.63) is 107 Å². The van der Waals surface area contributed by atoms with Crippen molar-refractivity contribution in [2.45, 2.75) is 13.0 Å². The minimum Gasteiger partial charge on any atom is -0.496 e. The average Bonchev–Trinajstić information content (AvgIpc) is 3.18. The van der Waals surface area contributed by atoms with Crippen LogP contribution in [0.4, 0.5) is 0 Å². The Morgan fingerprint density at radius 2 is 1.79 bits per heavy atom. The summed E-state index contributed by atoms with van der Waals surface area (Å²) >= 11 is 0. The van der Waals surface area contributed by atoms with Crippen molar-refractivity contribution in [1.82, 2.24) is 0 Å². The van der Waals surface area contributed by atoms with Crippen LogP contribution in [0.1, 0.15) is 34.5 Å². The molecule has 0 bridgehead atoms. The smallest absolute Gasteiger partial charge is 0.352 e. The highest BCUT2D eigenvalue weighted by Crippen LogP contribution is 2.36. The molecule has 1 atom stereocenters. The van der Waals surface area contributed by atoms with Gasteiger partial charge in [0.05, 0.1) is 19.3 Å². The summed E-state index contributed by atoms with van der Waals surface area (Å²) in [5.41, 5.74) is 1.98. The molecule has 6 heteroatoms. The second-order valence-electron chi connectivity index (χ2n) is 7.38. The van der Waals surface area contributed by atoms with Crippen molar-refractivity contribution >= 4 is 17.8 Å². The Bertz CT molecular complexity index is 1240. The zero-order valence-corrected chi connectivity index (χ0v) is 18.9. The summed E-state index contributed by atoms with van der Waals surface area (Å²) in [4.78, 5) is 25.3. The second kappa shape index (κ2) is 10.5. The Balaban J connectivity index is 1.53. The van der Waals surface area contributed by atoms with E-state index in [-0.39, 0.29) is 18.1 Å². The van der Waals surface area contributed by atoms with Crippen molar-refractivity contribution in [3.8, 4) is 17.2 Å². The van der Waals surface area contributed by atoms with E-state index in [1.807, 2.05) is 48.5 Å². The zero-order chi connectivity index (χ0) is 23.9. The first kappa shape index (κ1) is 22.9. The number of allylic oxidation sites excluding steroid dienone is 3. The van der Waals surface area contributed by atoms with E-state index in [1.165, 1.54) is 0 Å². The Kier molecular flexibility index (Phi) is 7.08. The maximum absolute atomic E-state index is 12.7. The highest BCUT2D eigenvalue weighted by molar-refractivity contribution is 6.12. The van der Waals surface area contributed by atoms with Gasteiger partial charge in [0.2, 0.25) is 11.9 Å². The number of esters is 1. The first-order chi connectivity index (χ1) is 16.6. The predicted octanol–water partition coefficient (Wildman–Crippen LogP) is 5.55. The van der Waals surface area contributed by atoms with Gasteiger partial charge in [0.25, 0.3) is 0 Å². The van der Waals surface area contributed by atoms with Crippen LogP contribution in [0.15, 0.2) is 90.7 Å². The third-order valence-corrected chi connectivity index (χ3v) is 5.16. The minimum atomic E-state index is -0.935. The maximum Gasteiger partial charge on any atom is 0.352 e. The molecule has 3 aromatic carbocycles. The highest BCUT2D eigenvalue weighted by atomic mass is 16.6. The topological polar surface area (TPSA) is 71.1 Å². The van der Waals surface area contributed by atoms with Gasteiger partial charge in [-0.3, -0.25) is 4.79 Å². The van der Waals surface area contributed by atoms with Gasteiger partial charge >= 0.3 is 5.97 Å². The van der Waals surface area contributed by atoms with Gasteiger partial charge < -0.3 is 18.9 Å². The number of hydrogen-bond donors (Lipinski definition) is 0. The van der Waals surface area contributed by atoms with Crippen LogP contribution in [-0.4, -0.2) is 25.5 Å². The maximum atomic E-state index is 12.7. The van der Waals surface area contributed by atoms with Gasteiger partial charge in [-0.15, -0.1) is 0 Å². The molecule has 0 spiro atoms. The van der Waals surface area contributed by atoms with E-state index in [4.69, 9.17) is 18.9 Å². The van der Waals surface area contributed by atoms with Crippen LogP contribution in [0.25, 0.3) is 6.08 Å². The van der Waals surface area contributed by atoms with Crippen LogP contribution in [0, 0.1) is 0 Å². The number of methoxy groups -OCH3 is 1. The number of para-hydroxylation sites is 1. The fourth-order valence-corrected chi connectivity index (χ4v) is 3.53. The summed E-state index contributed by atoms with van der Waals surface area (Å²) in [6, 6.07) is 21.5. The van der Waals surface area contributed by atoms with Gasteiger partial charge in [0, 0.05) is 17.2 Å². The van der Waals surface area contributed by atoms with Gasteiger partial charge in [-0.05, 0) is 31.2 Å². The lowest BCUT2D eigenvalue weighted by atomic mass is 10.1. The number of carbonyl (C=O) groups excluding carboxylic acids is 2. The third kappa shape index (κ3) is 5.02. The molecule has 1 aliphatic heterocycles. The van der Waals surface area contributed by atoms with Crippen LogP contribution < -0.4 is 14.2 Å². The minimum absolute atomic E-state index is 0.198. The van der Waals surface area contributed by atoms with Crippen LogP contribution in [0.3, 0.4) is 0 Å². The first-order valence-corrected chi connectivity index (χ1v) is 10.9. The summed E-state index contributed by atoms with van der Waals surface area (Å²) in [7, 11) is 1.61. The number of fused-ring (bicyclic) bond motifs is 1. The van der Waals surface area contributed by atoms with E-state index in [9.17, 15) is 9.59 Å². The Morgan fingerprint density at radius 3 is 2.56 bits per heavy atom. The molecule has 0 aliphatic carbocycles. The predicted molar refractivity (Wildman–Crippen MR) is 128 cm³/mol. The summed E-state index contributed by atoms with van der Waals surface area (Å²) in [5, 5.41) is 0. The lowest BCUT2D eigenvalue weighted by Gasteiger charge is -2.18. The van der Waals surface area contributed by atoms with E-state index < -0.39 is 12.1 Å². The molecule has 3 aromatic rings. The molecule has 0 amide bonds. The largest absolute Gasteiger partial charge is 0.496 e. The molecule has 34 heavy (non-hydrogen) atoms. The zero-order valence-electron chi connectivity index (χ0n) is 18.9. The highest BCUT2D eigenvalue weighted by Gasteiger charge is 2.29.